The molecule has 0 saturated carbocycles. The first-order valence-electron chi connectivity index (χ1n) is 8.93. The maximum absolute atomic E-state index is 13.0. The van der Waals surface area contributed by atoms with Gasteiger partial charge in [0.2, 0.25) is 5.91 Å². The van der Waals surface area contributed by atoms with Crippen LogP contribution >= 0.6 is 0 Å². The van der Waals surface area contributed by atoms with Crippen molar-refractivity contribution in [2.24, 2.45) is 5.41 Å². The van der Waals surface area contributed by atoms with Crippen LogP contribution in [0.2, 0.25) is 0 Å². The zero-order valence-electron chi connectivity index (χ0n) is 15.4. The van der Waals surface area contributed by atoms with Crippen LogP contribution in [0.5, 0.6) is 0 Å². The molecule has 0 aromatic heterocycles. The zero-order valence-corrected chi connectivity index (χ0v) is 15.4. The van der Waals surface area contributed by atoms with Gasteiger partial charge in [-0.2, -0.15) is 0 Å². The van der Waals surface area contributed by atoms with Crippen molar-refractivity contribution in [2.75, 3.05) is 6.61 Å². The van der Waals surface area contributed by atoms with Gasteiger partial charge in [0.1, 0.15) is 24.9 Å². The largest absolute Gasteiger partial charge is 0.480 e. The SMILES string of the molecule is CC1(C)C[C@@H]2OCC[C@H](NC(=O)OCc3ccccc3)C(=O)N2C1C(=O)O. The van der Waals surface area contributed by atoms with E-state index in [0.29, 0.717) is 6.42 Å². The topological polar surface area (TPSA) is 105 Å². The van der Waals surface area contributed by atoms with Gasteiger partial charge in [0, 0.05) is 18.3 Å². The number of hydrogen-bond acceptors (Lipinski definition) is 5. The Kier molecular flexibility index (Phi) is 5.36. The predicted octanol–water partition coefficient (Wildman–Crippen LogP) is 1.74. The molecule has 2 saturated heterocycles. The van der Waals surface area contributed by atoms with Crippen molar-refractivity contribution in [3.8, 4) is 0 Å². The standard InChI is InChI=1S/C19H24N2O6/c1-19(2)10-14-21(15(19)17(23)24)16(22)13(8-9-26-14)20-18(25)27-11-12-6-4-3-5-7-12/h3-7,13-15H,8-11H2,1-2H3,(H,20,25)(H,23,24)/t13-,14-,15?/m0/s1. The Morgan fingerprint density at radius 1 is 1.33 bits per heavy atom. The highest BCUT2D eigenvalue weighted by molar-refractivity contribution is 5.90. The average molecular weight is 376 g/mol. The molecule has 0 radical (unpaired) electrons. The predicted molar refractivity (Wildman–Crippen MR) is 94.6 cm³/mol. The third-order valence-electron chi connectivity index (χ3n) is 5.04. The Morgan fingerprint density at radius 3 is 2.70 bits per heavy atom. The molecule has 0 aliphatic carbocycles. The Labute approximate surface area is 157 Å². The molecule has 2 amide bonds. The third kappa shape index (κ3) is 4.05. The van der Waals surface area contributed by atoms with Crippen molar-refractivity contribution >= 4 is 18.0 Å². The van der Waals surface area contributed by atoms with Crippen LogP contribution in [0.1, 0.15) is 32.3 Å². The molecule has 8 heteroatoms. The highest BCUT2D eigenvalue weighted by Gasteiger charge is 2.55. The van der Waals surface area contributed by atoms with Gasteiger partial charge < -0.3 is 24.8 Å². The van der Waals surface area contributed by atoms with Crippen LogP contribution in [-0.4, -0.2) is 52.9 Å². The normalized spacial score (nSPS) is 26.8. The van der Waals surface area contributed by atoms with Crippen LogP contribution < -0.4 is 5.32 Å². The molecule has 3 atom stereocenters. The summed E-state index contributed by atoms with van der Waals surface area (Å²) in [5.74, 6) is -1.53. The smallest absolute Gasteiger partial charge is 0.408 e. The summed E-state index contributed by atoms with van der Waals surface area (Å²) in [4.78, 5) is 38.1. The van der Waals surface area contributed by atoms with E-state index < -0.39 is 41.7 Å². The molecule has 27 heavy (non-hydrogen) atoms. The van der Waals surface area contributed by atoms with Gasteiger partial charge >= 0.3 is 12.1 Å². The second-order valence-electron chi connectivity index (χ2n) is 7.55. The van der Waals surface area contributed by atoms with E-state index >= 15 is 0 Å². The van der Waals surface area contributed by atoms with Crippen LogP contribution in [-0.2, 0) is 25.7 Å². The first-order valence-corrected chi connectivity index (χ1v) is 8.93. The van der Waals surface area contributed by atoms with Crippen LogP contribution in [0.15, 0.2) is 30.3 Å². The molecule has 2 aliphatic rings. The molecule has 8 nitrogen and oxygen atoms in total. The fourth-order valence-corrected chi connectivity index (χ4v) is 3.73. The molecule has 146 valence electrons. The molecule has 1 aromatic rings. The Balaban J connectivity index is 1.67. The van der Waals surface area contributed by atoms with Crippen molar-refractivity contribution in [3.63, 3.8) is 0 Å². The first-order chi connectivity index (χ1) is 12.8. The minimum Gasteiger partial charge on any atom is -0.480 e. The zero-order chi connectivity index (χ0) is 19.6. The Bertz CT molecular complexity index is 720. The monoisotopic (exact) mass is 376 g/mol. The molecule has 1 unspecified atom stereocenters. The molecular formula is C19H24N2O6. The lowest BCUT2D eigenvalue weighted by atomic mass is 9.84. The quantitative estimate of drug-likeness (QED) is 0.829. The van der Waals surface area contributed by atoms with Gasteiger partial charge in [-0.3, -0.25) is 4.79 Å². The number of carbonyl (C=O) groups excluding carboxylic acids is 2. The van der Waals surface area contributed by atoms with Gasteiger partial charge in [-0.15, -0.1) is 0 Å². The molecule has 2 aliphatic heterocycles. The second kappa shape index (κ2) is 7.56. The maximum Gasteiger partial charge on any atom is 0.408 e. The third-order valence-corrected chi connectivity index (χ3v) is 5.04. The van der Waals surface area contributed by atoms with E-state index in [1.165, 1.54) is 4.90 Å². The van der Waals surface area contributed by atoms with Gasteiger partial charge in [0.15, 0.2) is 0 Å². The van der Waals surface area contributed by atoms with Crippen molar-refractivity contribution in [1.29, 1.82) is 0 Å². The molecule has 2 heterocycles. The minimum absolute atomic E-state index is 0.0845. The molecule has 2 N–H and O–H groups in total. The number of carbonyl (C=O) groups is 3. The summed E-state index contributed by atoms with van der Waals surface area (Å²) in [6, 6.07) is 7.31. The lowest BCUT2D eigenvalue weighted by Crippen LogP contribution is -2.54. The van der Waals surface area contributed by atoms with Gasteiger partial charge in [-0.05, 0) is 5.56 Å². The number of nitrogens with one attached hydrogen (secondary N) is 1. The van der Waals surface area contributed by atoms with Crippen LogP contribution in [0.3, 0.4) is 0 Å². The summed E-state index contributed by atoms with van der Waals surface area (Å²) >= 11 is 0. The number of aliphatic carboxylic acids is 1. The number of amides is 2. The van der Waals surface area contributed by atoms with E-state index in [4.69, 9.17) is 9.47 Å². The van der Waals surface area contributed by atoms with Gasteiger partial charge in [-0.1, -0.05) is 44.2 Å². The number of alkyl carbamates (subject to hydrolysis) is 1. The number of fused-ring (bicyclic) bond motifs is 1. The number of ether oxygens (including phenoxy) is 2. The van der Waals surface area contributed by atoms with Crippen LogP contribution in [0.4, 0.5) is 4.79 Å². The lowest BCUT2D eigenvalue weighted by Gasteiger charge is -2.31. The van der Waals surface area contributed by atoms with E-state index in [1.54, 1.807) is 13.8 Å². The highest BCUT2D eigenvalue weighted by atomic mass is 16.5. The fraction of sp³-hybridized carbons (Fsp3) is 0.526. The summed E-state index contributed by atoms with van der Waals surface area (Å²) < 4.78 is 10.9. The van der Waals surface area contributed by atoms with Crippen LogP contribution in [0.25, 0.3) is 0 Å². The number of nitrogens with zero attached hydrogens (tertiary/aromatic N) is 1. The summed E-state index contributed by atoms with van der Waals surface area (Å²) in [5.41, 5.74) is 0.206. The summed E-state index contributed by atoms with van der Waals surface area (Å²) in [7, 11) is 0. The van der Waals surface area contributed by atoms with Crippen LogP contribution in [0, 0.1) is 5.41 Å². The number of carboxylic acids is 1. The van der Waals surface area contributed by atoms with Gasteiger partial charge in [0.05, 0.1) is 6.61 Å². The Hall–Kier alpha value is -2.61. The first kappa shape index (κ1) is 19.2. The fourth-order valence-electron chi connectivity index (χ4n) is 3.73. The lowest BCUT2D eigenvalue weighted by molar-refractivity contribution is -0.157. The van der Waals surface area contributed by atoms with Gasteiger partial charge in [0.25, 0.3) is 0 Å². The molecule has 1 aromatic carbocycles. The van der Waals surface area contributed by atoms with E-state index in [9.17, 15) is 19.5 Å². The van der Waals surface area contributed by atoms with Crippen molar-refractivity contribution in [1.82, 2.24) is 10.2 Å². The molecule has 0 spiro atoms. The van der Waals surface area contributed by atoms with Gasteiger partial charge in [-0.25, -0.2) is 9.59 Å². The molecular weight excluding hydrogens is 352 g/mol. The highest BCUT2D eigenvalue weighted by Crippen LogP contribution is 2.42. The maximum atomic E-state index is 13.0. The molecule has 3 rings (SSSR count). The number of benzene rings is 1. The molecule has 2 fully saturated rings. The minimum atomic E-state index is -1.08. The number of carboxylic acid groups (broad SMARTS) is 1. The van der Waals surface area contributed by atoms with Crippen molar-refractivity contribution in [2.45, 2.75) is 51.6 Å². The van der Waals surface area contributed by atoms with E-state index in [-0.39, 0.29) is 19.6 Å². The summed E-state index contributed by atoms with van der Waals surface area (Å²) in [6.07, 6.45) is -0.623. The van der Waals surface area contributed by atoms with E-state index in [1.807, 2.05) is 30.3 Å². The average Bonchev–Trinajstić information content (AvgIpc) is 2.81. The van der Waals surface area contributed by atoms with Crippen molar-refractivity contribution < 1.29 is 29.0 Å². The second-order valence-corrected chi connectivity index (χ2v) is 7.55. The number of rotatable bonds is 4. The van der Waals surface area contributed by atoms with E-state index in [0.717, 1.165) is 5.56 Å². The Morgan fingerprint density at radius 2 is 2.04 bits per heavy atom. The van der Waals surface area contributed by atoms with E-state index in [2.05, 4.69) is 5.32 Å². The number of hydrogen-bond donors (Lipinski definition) is 2. The summed E-state index contributed by atoms with van der Waals surface area (Å²) in [5, 5.41) is 12.2. The summed E-state index contributed by atoms with van der Waals surface area (Å²) in [6.45, 7) is 3.93. The van der Waals surface area contributed by atoms with Crippen molar-refractivity contribution in [3.05, 3.63) is 35.9 Å². The molecule has 0 bridgehead atoms.